The number of nitrogens with two attached hydrogens (primary N) is 1. The number of nitrogen functional groups attached to an aromatic ring is 1. The van der Waals surface area contributed by atoms with E-state index in [4.69, 9.17) is 10.5 Å². The van der Waals surface area contributed by atoms with Crippen LogP contribution in [0.5, 0.6) is 0 Å². The molecule has 1 amide bonds. The van der Waals surface area contributed by atoms with E-state index in [1.54, 1.807) is 39.2 Å². The molecule has 0 aromatic carbocycles. The predicted molar refractivity (Wildman–Crippen MR) is 81.8 cm³/mol. The molecule has 21 heavy (non-hydrogen) atoms. The summed E-state index contributed by atoms with van der Waals surface area (Å²) in [7, 11) is 0. The molecule has 0 unspecified atom stereocenters. The highest BCUT2D eigenvalue weighted by Crippen LogP contribution is 2.25. The number of pyridine rings is 2. The lowest BCUT2D eigenvalue weighted by Gasteiger charge is -2.20. The molecule has 0 bridgehead atoms. The van der Waals surface area contributed by atoms with E-state index in [0.717, 1.165) is 5.52 Å². The summed E-state index contributed by atoms with van der Waals surface area (Å²) in [6.07, 6.45) is 2.72. The third-order valence-corrected chi connectivity index (χ3v) is 2.55. The molecule has 0 aliphatic heterocycles. The molecular formula is C14H19N5O2. The fourth-order valence-electron chi connectivity index (χ4n) is 1.74. The van der Waals surface area contributed by atoms with Crippen molar-refractivity contribution in [2.45, 2.75) is 26.4 Å². The second kappa shape index (κ2) is 5.82. The normalized spacial score (nSPS) is 11.2. The smallest absolute Gasteiger partial charge is 0.409 e. The molecule has 0 aliphatic carbocycles. The standard InChI is InChI=1S/C14H19N5O2/c1-14(2,3)21-13(20)19-8-18-11-9(15)7-17-10-5-4-6-16-12(10)11/h4-7H,8,15H2,1-3H3,(H,17,18)(H,19,20). The maximum absolute atomic E-state index is 11.6. The van der Waals surface area contributed by atoms with Gasteiger partial charge in [0.2, 0.25) is 0 Å². The first-order chi connectivity index (χ1) is 9.87. The maximum atomic E-state index is 11.6. The highest BCUT2D eigenvalue weighted by molar-refractivity contribution is 5.93. The molecule has 0 spiro atoms. The van der Waals surface area contributed by atoms with Crippen molar-refractivity contribution in [3.8, 4) is 0 Å². The van der Waals surface area contributed by atoms with Gasteiger partial charge in [0.1, 0.15) is 11.1 Å². The van der Waals surface area contributed by atoms with Crippen LogP contribution in [0, 0.1) is 0 Å². The number of anilines is 2. The number of aromatic nitrogens is 2. The lowest BCUT2D eigenvalue weighted by Crippen LogP contribution is -2.35. The Hall–Kier alpha value is -2.57. The minimum absolute atomic E-state index is 0.175. The molecule has 2 heterocycles. The quantitative estimate of drug-likeness (QED) is 0.748. The van der Waals surface area contributed by atoms with Crippen LogP contribution in [0.3, 0.4) is 0 Å². The summed E-state index contributed by atoms with van der Waals surface area (Å²) in [5.41, 5.74) is 7.85. The van der Waals surface area contributed by atoms with E-state index in [-0.39, 0.29) is 6.67 Å². The minimum Gasteiger partial charge on any atom is -0.444 e. The summed E-state index contributed by atoms with van der Waals surface area (Å²) in [6, 6.07) is 3.64. The molecule has 2 aromatic rings. The molecule has 0 atom stereocenters. The van der Waals surface area contributed by atoms with E-state index in [2.05, 4.69) is 20.6 Å². The topological polar surface area (TPSA) is 102 Å². The number of amides is 1. The molecule has 0 aliphatic rings. The number of hydrogen-bond acceptors (Lipinski definition) is 6. The van der Waals surface area contributed by atoms with Gasteiger partial charge >= 0.3 is 6.09 Å². The Bertz CT molecular complexity index is 651. The van der Waals surface area contributed by atoms with E-state index in [1.165, 1.54) is 0 Å². The third kappa shape index (κ3) is 3.95. The molecule has 0 saturated carbocycles. The van der Waals surface area contributed by atoms with Crippen LogP contribution in [0.2, 0.25) is 0 Å². The predicted octanol–water partition coefficient (Wildman–Crippen LogP) is 2.11. The van der Waals surface area contributed by atoms with E-state index in [9.17, 15) is 4.79 Å². The zero-order valence-corrected chi connectivity index (χ0v) is 12.3. The average molecular weight is 289 g/mol. The van der Waals surface area contributed by atoms with Crippen molar-refractivity contribution < 1.29 is 9.53 Å². The molecule has 2 rings (SSSR count). The van der Waals surface area contributed by atoms with Crippen molar-refractivity contribution in [3.63, 3.8) is 0 Å². The number of carbonyl (C=O) groups excluding carboxylic acids is 1. The van der Waals surface area contributed by atoms with Crippen molar-refractivity contribution in [1.82, 2.24) is 15.3 Å². The van der Waals surface area contributed by atoms with Gasteiger partial charge in [0, 0.05) is 6.20 Å². The Morgan fingerprint density at radius 1 is 1.38 bits per heavy atom. The molecule has 7 heteroatoms. The number of carbonyl (C=O) groups is 1. The van der Waals surface area contributed by atoms with Crippen LogP contribution in [0.1, 0.15) is 20.8 Å². The number of nitrogens with zero attached hydrogens (tertiary/aromatic N) is 2. The number of hydrogen-bond donors (Lipinski definition) is 3. The zero-order chi connectivity index (χ0) is 15.5. The summed E-state index contributed by atoms with van der Waals surface area (Å²) in [6.45, 7) is 5.59. The Morgan fingerprint density at radius 3 is 2.86 bits per heavy atom. The van der Waals surface area contributed by atoms with Gasteiger partial charge in [-0.3, -0.25) is 9.97 Å². The second-order valence-corrected chi connectivity index (χ2v) is 5.49. The molecule has 112 valence electrons. The molecular weight excluding hydrogens is 270 g/mol. The number of rotatable bonds is 3. The van der Waals surface area contributed by atoms with E-state index < -0.39 is 11.7 Å². The first-order valence-corrected chi connectivity index (χ1v) is 6.57. The Labute approximate surface area is 122 Å². The zero-order valence-electron chi connectivity index (χ0n) is 12.3. The summed E-state index contributed by atoms with van der Waals surface area (Å²) < 4.78 is 5.14. The van der Waals surface area contributed by atoms with Gasteiger partial charge in [0.05, 0.1) is 29.8 Å². The minimum atomic E-state index is -0.534. The van der Waals surface area contributed by atoms with Crippen LogP contribution < -0.4 is 16.4 Å². The largest absolute Gasteiger partial charge is 0.444 e. The Kier molecular flexibility index (Phi) is 4.11. The van der Waals surface area contributed by atoms with Gasteiger partial charge in [0.15, 0.2) is 0 Å². The SMILES string of the molecule is CC(C)(C)OC(=O)NCNc1c(N)cnc2cccnc12. The Balaban J connectivity index is 2.04. The third-order valence-electron chi connectivity index (χ3n) is 2.55. The Morgan fingerprint density at radius 2 is 2.14 bits per heavy atom. The van der Waals surface area contributed by atoms with Crippen molar-refractivity contribution >= 4 is 28.5 Å². The van der Waals surface area contributed by atoms with Crippen LogP contribution in [-0.2, 0) is 4.74 Å². The summed E-state index contributed by atoms with van der Waals surface area (Å²) in [4.78, 5) is 20.0. The molecule has 0 fully saturated rings. The van der Waals surface area contributed by atoms with E-state index >= 15 is 0 Å². The molecule has 2 aromatic heterocycles. The van der Waals surface area contributed by atoms with Crippen molar-refractivity contribution in [2.24, 2.45) is 0 Å². The van der Waals surface area contributed by atoms with Gasteiger partial charge in [-0.05, 0) is 32.9 Å². The van der Waals surface area contributed by atoms with Crippen LogP contribution in [0.25, 0.3) is 11.0 Å². The maximum Gasteiger partial charge on any atom is 0.409 e. The molecule has 0 saturated heterocycles. The first-order valence-electron chi connectivity index (χ1n) is 6.57. The number of nitrogens with one attached hydrogen (secondary N) is 2. The summed E-state index contributed by atoms with van der Waals surface area (Å²) in [5.74, 6) is 0. The number of fused-ring (bicyclic) bond motifs is 1. The van der Waals surface area contributed by atoms with Crippen molar-refractivity contribution in [2.75, 3.05) is 17.7 Å². The van der Waals surface area contributed by atoms with Gasteiger partial charge in [-0.1, -0.05) is 0 Å². The first kappa shape index (κ1) is 14.8. The van der Waals surface area contributed by atoms with Crippen molar-refractivity contribution in [3.05, 3.63) is 24.5 Å². The number of alkyl carbamates (subject to hydrolysis) is 1. The van der Waals surface area contributed by atoms with Crippen LogP contribution in [-0.4, -0.2) is 28.3 Å². The molecule has 0 radical (unpaired) electrons. The monoisotopic (exact) mass is 289 g/mol. The van der Waals surface area contributed by atoms with E-state index in [1.807, 2.05) is 6.07 Å². The van der Waals surface area contributed by atoms with Crippen molar-refractivity contribution in [1.29, 1.82) is 0 Å². The highest BCUT2D eigenvalue weighted by atomic mass is 16.6. The number of ether oxygens (including phenoxy) is 1. The van der Waals surface area contributed by atoms with E-state index in [0.29, 0.717) is 16.9 Å². The van der Waals surface area contributed by atoms with Gasteiger partial charge in [-0.15, -0.1) is 0 Å². The lowest BCUT2D eigenvalue weighted by molar-refractivity contribution is 0.0532. The highest BCUT2D eigenvalue weighted by Gasteiger charge is 2.15. The van der Waals surface area contributed by atoms with Gasteiger partial charge in [0.25, 0.3) is 0 Å². The summed E-state index contributed by atoms with van der Waals surface area (Å²) >= 11 is 0. The average Bonchev–Trinajstić information content (AvgIpc) is 2.39. The fourth-order valence-corrected chi connectivity index (χ4v) is 1.74. The van der Waals surface area contributed by atoms with Gasteiger partial charge in [-0.2, -0.15) is 0 Å². The fraction of sp³-hybridized carbons (Fsp3) is 0.357. The van der Waals surface area contributed by atoms with Gasteiger partial charge in [-0.25, -0.2) is 4.79 Å². The second-order valence-electron chi connectivity index (χ2n) is 5.49. The summed E-state index contributed by atoms with van der Waals surface area (Å²) in [5, 5.41) is 5.64. The lowest BCUT2D eigenvalue weighted by atomic mass is 10.2. The molecule has 7 nitrogen and oxygen atoms in total. The van der Waals surface area contributed by atoms with Crippen LogP contribution in [0.4, 0.5) is 16.2 Å². The molecule has 4 N–H and O–H groups in total. The van der Waals surface area contributed by atoms with Gasteiger partial charge < -0.3 is 21.1 Å². The van der Waals surface area contributed by atoms with Crippen LogP contribution >= 0.6 is 0 Å². The van der Waals surface area contributed by atoms with Crippen LogP contribution in [0.15, 0.2) is 24.5 Å².